The van der Waals surface area contributed by atoms with Crippen LogP contribution < -0.4 is 0 Å². The molecule has 0 aliphatic heterocycles. The Hall–Kier alpha value is -1.06. The summed E-state index contributed by atoms with van der Waals surface area (Å²) in [6, 6.07) is 0. The van der Waals surface area contributed by atoms with Gasteiger partial charge in [-0.15, -0.1) is 0 Å². The summed E-state index contributed by atoms with van der Waals surface area (Å²) >= 11 is 0. The normalized spacial score (nSPS) is 36.1. The maximum atomic E-state index is 11.3. The second kappa shape index (κ2) is 4.21. The van der Waals surface area contributed by atoms with Gasteiger partial charge in [-0.05, 0) is 32.1 Å². The Kier molecular flexibility index (Phi) is 2.93. The highest BCUT2D eigenvalue weighted by Crippen LogP contribution is 2.47. The summed E-state index contributed by atoms with van der Waals surface area (Å²) in [4.78, 5) is 11.3. The molecule has 3 fully saturated rings. The van der Waals surface area contributed by atoms with Crippen molar-refractivity contribution in [1.82, 2.24) is 0 Å². The third-order valence-corrected chi connectivity index (χ3v) is 3.52. The van der Waals surface area contributed by atoms with Crippen LogP contribution in [0.4, 0.5) is 0 Å². The van der Waals surface area contributed by atoms with Crippen molar-refractivity contribution in [3.63, 3.8) is 0 Å². The first-order valence-electron chi connectivity index (χ1n) is 5.62. The minimum Gasteiger partial charge on any atom is -0.466 e. The Morgan fingerprint density at radius 1 is 1.53 bits per heavy atom. The fourth-order valence-corrected chi connectivity index (χ4v) is 2.80. The van der Waals surface area contributed by atoms with Crippen molar-refractivity contribution in [2.45, 2.75) is 32.6 Å². The van der Waals surface area contributed by atoms with Gasteiger partial charge in [0.25, 0.3) is 0 Å². The molecule has 0 radical (unpaired) electrons. The van der Waals surface area contributed by atoms with E-state index in [9.17, 15) is 4.79 Å². The molecular weight excluding hydrogens is 194 g/mol. The van der Waals surface area contributed by atoms with Gasteiger partial charge in [0.1, 0.15) is 0 Å². The van der Waals surface area contributed by atoms with Crippen molar-refractivity contribution in [3.05, 3.63) is 0 Å². The van der Waals surface area contributed by atoms with Gasteiger partial charge in [0.2, 0.25) is 0 Å². The van der Waals surface area contributed by atoms with Crippen LogP contribution in [0.3, 0.4) is 0 Å². The van der Waals surface area contributed by atoms with E-state index in [1.165, 1.54) is 0 Å². The van der Waals surface area contributed by atoms with Gasteiger partial charge in [-0.2, -0.15) is 0 Å². The molecule has 0 saturated heterocycles. The molecule has 3 aliphatic rings. The molecule has 3 aliphatic carbocycles. The molecule has 0 aromatic carbocycles. The summed E-state index contributed by atoms with van der Waals surface area (Å²) in [5.74, 6) is 1.10. The lowest BCUT2D eigenvalue weighted by Crippen LogP contribution is -2.43. The molecule has 84 valence electrons. The van der Waals surface area contributed by atoms with E-state index in [-0.39, 0.29) is 11.9 Å². The molecule has 1 N–H and O–H groups in total. The first-order valence-corrected chi connectivity index (χ1v) is 5.62. The molecule has 2 bridgehead atoms. The number of carbonyl (C=O) groups excluding carboxylic acids is 1. The van der Waals surface area contributed by atoms with Crippen molar-refractivity contribution in [2.75, 3.05) is 6.61 Å². The van der Waals surface area contributed by atoms with Crippen LogP contribution >= 0.6 is 0 Å². The standard InChI is InChI=1S/C11H17NO3/c1-2-15-10(13)6-9-5-7-3-8(4-7)11(9)12-14/h7-9,14H,2-6H2,1H3/t7?,8?,9-/m1/s1. The van der Waals surface area contributed by atoms with Crippen molar-refractivity contribution < 1.29 is 14.7 Å². The first-order chi connectivity index (χ1) is 7.24. The average Bonchev–Trinajstić information content (AvgIpc) is 2.16. The van der Waals surface area contributed by atoms with E-state index >= 15 is 0 Å². The van der Waals surface area contributed by atoms with Gasteiger partial charge in [-0.1, -0.05) is 5.16 Å². The van der Waals surface area contributed by atoms with E-state index in [1.54, 1.807) is 6.92 Å². The summed E-state index contributed by atoms with van der Waals surface area (Å²) < 4.78 is 4.91. The van der Waals surface area contributed by atoms with E-state index < -0.39 is 0 Å². The number of hydrogen-bond donors (Lipinski definition) is 1. The molecule has 0 aromatic rings. The molecule has 3 saturated carbocycles. The predicted molar refractivity (Wildman–Crippen MR) is 54.8 cm³/mol. The zero-order valence-electron chi connectivity index (χ0n) is 8.98. The van der Waals surface area contributed by atoms with Crippen molar-refractivity contribution in [3.8, 4) is 0 Å². The predicted octanol–water partition coefficient (Wildman–Crippen LogP) is 1.82. The van der Waals surface area contributed by atoms with Crippen LogP contribution in [0.5, 0.6) is 0 Å². The Labute approximate surface area is 89.3 Å². The third kappa shape index (κ3) is 1.98. The molecule has 0 amide bonds. The van der Waals surface area contributed by atoms with Gasteiger partial charge in [0, 0.05) is 11.8 Å². The number of hydrogen-bond acceptors (Lipinski definition) is 4. The van der Waals surface area contributed by atoms with Gasteiger partial charge in [-0.25, -0.2) is 0 Å². The molecule has 4 heteroatoms. The summed E-state index contributed by atoms with van der Waals surface area (Å²) in [7, 11) is 0. The lowest BCUT2D eigenvalue weighted by atomic mass is 9.59. The zero-order chi connectivity index (χ0) is 10.8. The number of rotatable bonds is 3. The average molecular weight is 211 g/mol. The van der Waals surface area contributed by atoms with E-state index in [1.807, 2.05) is 0 Å². The Bertz CT molecular complexity index is 282. The molecule has 15 heavy (non-hydrogen) atoms. The van der Waals surface area contributed by atoms with Crippen LogP contribution in [-0.2, 0) is 9.53 Å². The highest BCUT2D eigenvalue weighted by Gasteiger charge is 2.44. The highest BCUT2D eigenvalue weighted by molar-refractivity contribution is 5.93. The second-order valence-corrected chi connectivity index (χ2v) is 4.50. The fourth-order valence-electron chi connectivity index (χ4n) is 2.80. The summed E-state index contributed by atoms with van der Waals surface area (Å²) in [5.41, 5.74) is 0.825. The maximum absolute atomic E-state index is 11.3. The number of fused-ring (bicyclic) bond motifs is 2. The minimum atomic E-state index is -0.176. The van der Waals surface area contributed by atoms with Crippen LogP contribution in [0.15, 0.2) is 5.16 Å². The van der Waals surface area contributed by atoms with E-state index in [0.717, 1.165) is 30.9 Å². The summed E-state index contributed by atoms with van der Waals surface area (Å²) in [6.45, 7) is 2.22. The maximum Gasteiger partial charge on any atom is 0.306 e. The van der Waals surface area contributed by atoms with Gasteiger partial charge in [-0.3, -0.25) is 4.79 Å². The smallest absolute Gasteiger partial charge is 0.306 e. The Balaban J connectivity index is 1.94. The van der Waals surface area contributed by atoms with Gasteiger partial charge < -0.3 is 9.94 Å². The van der Waals surface area contributed by atoms with Gasteiger partial charge in [0.05, 0.1) is 18.7 Å². The van der Waals surface area contributed by atoms with Crippen molar-refractivity contribution in [1.29, 1.82) is 0 Å². The zero-order valence-corrected chi connectivity index (χ0v) is 8.98. The monoisotopic (exact) mass is 211 g/mol. The fraction of sp³-hybridized carbons (Fsp3) is 0.818. The summed E-state index contributed by atoms with van der Waals surface area (Å²) in [5, 5.41) is 12.3. The van der Waals surface area contributed by atoms with Gasteiger partial charge in [0.15, 0.2) is 0 Å². The van der Waals surface area contributed by atoms with Crippen molar-refractivity contribution >= 4 is 11.7 Å². The van der Waals surface area contributed by atoms with Crippen LogP contribution in [0, 0.1) is 17.8 Å². The largest absolute Gasteiger partial charge is 0.466 e. The first kappa shape index (κ1) is 10.5. The van der Waals surface area contributed by atoms with Crippen LogP contribution in [-0.4, -0.2) is 23.5 Å². The van der Waals surface area contributed by atoms with E-state index in [0.29, 0.717) is 18.9 Å². The third-order valence-electron chi connectivity index (χ3n) is 3.52. The van der Waals surface area contributed by atoms with Gasteiger partial charge >= 0.3 is 5.97 Å². The summed E-state index contributed by atoms with van der Waals surface area (Å²) in [6.07, 6.45) is 3.63. The molecule has 4 nitrogen and oxygen atoms in total. The molecular formula is C11H17NO3. The lowest BCUT2D eigenvalue weighted by Gasteiger charge is -2.45. The molecule has 0 heterocycles. The Morgan fingerprint density at radius 3 is 2.87 bits per heavy atom. The minimum absolute atomic E-state index is 0.117. The number of ether oxygens (including phenoxy) is 1. The van der Waals surface area contributed by atoms with Crippen LogP contribution in [0.25, 0.3) is 0 Å². The van der Waals surface area contributed by atoms with Crippen LogP contribution in [0.2, 0.25) is 0 Å². The van der Waals surface area contributed by atoms with E-state index in [2.05, 4.69) is 5.16 Å². The number of nitrogens with zero attached hydrogens (tertiary/aromatic N) is 1. The SMILES string of the molecule is CCOC(=O)C[C@H]1CC2CC(C2)C1=NO. The number of esters is 1. The second-order valence-electron chi connectivity index (χ2n) is 4.50. The van der Waals surface area contributed by atoms with E-state index in [4.69, 9.17) is 9.94 Å². The Morgan fingerprint density at radius 2 is 2.27 bits per heavy atom. The van der Waals surface area contributed by atoms with Crippen LogP contribution in [0.1, 0.15) is 32.6 Å². The molecule has 3 rings (SSSR count). The highest BCUT2D eigenvalue weighted by atomic mass is 16.5. The molecule has 0 spiro atoms. The number of carbonyl (C=O) groups is 1. The number of oxime groups is 1. The van der Waals surface area contributed by atoms with Crippen molar-refractivity contribution in [2.24, 2.45) is 22.9 Å². The molecule has 0 aromatic heterocycles. The quantitative estimate of drug-likeness (QED) is 0.440. The topological polar surface area (TPSA) is 58.9 Å². The lowest BCUT2D eigenvalue weighted by molar-refractivity contribution is -0.144. The molecule has 0 unspecified atom stereocenters. The molecule has 1 atom stereocenters.